The van der Waals surface area contributed by atoms with Crippen molar-refractivity contribution < 1.29 is 19.0 Å². The summed E-state index contributed by atoms with van der Waals surface area (Å²) in [6, 6.07) is 19.7. The maximum Gasteiger partial charge on any atom is 0.248 e. The van der Waals surface area contributed by atoms with Crippen LogP contribution in [0.5, 0.6) is 23.0 Å². The highest BCUT2D eigenvalue weighted by Gasteiger charge is 2.05. The lowest BCUT2D eigenvalue weighted by molar-refractivity contribution is -0.111. The van der Waals surface area contributed by atoms with Crippen LogP contribution in [0.15, 0.2) is 72.8 Å². The second kappa shape index (κ2) is 10.4. The number of hydrogen-bond donors (Lipinski definition) is 1. The Morgan fingerprint density at radius 3 is 2.50 bits per heavy atom. The second-order valence-electron chi connectivity index (χ2n) is 6.25. The van der Waals surface area contributed by atoms with Crippen LogP contribution in [-0.2, 0) is 4.79 Å². The van der Waals surface area contributed by atoms with Crippen molar-refractivity contribution in [3.05, 3.63) is 83.4 Å². The number of amides is 1. The second-order valence-corrected chi connectivity index (χ2v) is 6.69. The molecule has 154 valence electrons. The number of ether oxygens (including phenoxy) is 3. The van der Waals surface area contributed by atoms with Gasteiger partial charge in [-0.2, -0.15) is 0 Å². The van der Waals surface area contributed by atoms with E-state index in [1.54, 1.807) is 55.7 Å². The highest BCUT2D eigenvalue weighted by atomic mass is 35.5. The summed E-state index contributed by atoms with van der Waals surface area (Å²) >= 11 is 5.96. The third kappa shape index (κ3) is 6.03. The quantitative estimate of drug-likeness (QED) is 0.439. The van der Waals surface area contributed by atoms with Gasteiger partial charge in [0.1, 0.15) is 11.5 Å². The summed E-state index contributed by atoms with van der Waals surface area (Å²) in [5.74, 6) is 2.34. The predicted octanol–water partition coefficient (Wildman–Crippen LogP) is 6.19. The zero-order valence-electron chi connectivity index (χ0n) is 16.7. The minimum absolute atomic E-state index is 0.243. The summed E-state index contributed by atoms with van der Waals surface area (Å²) in [5, 5.41) is 3.42. The molecule has 0 aromatic heterocycles. The van der Waals surface area contributed by atoms with E-state index in [0.717, 1.165) is 5.56 Å². The Kier molecular flexibility index (Phi) is 7.35. The molecule has 3 rings (SSSR count). The molecule has 6 heteroatoms. The molecule has 0 fully saturated rings. The van der Waals surface area contributed by atoms with Crippen molar-refractivity contribution in [3.63, 3.8) is 0 Å². The summed E-state index contributed by atoms with van der Waals surface area (Å²) < 4.78 is 16.6. The maximum absolute atomic E-state index is 12.2. The molecule has 0 aliphatic heterocycles. The van der Waals surface area contributed by atoms with Gasteiger partial charge in [-0.05, 0) is 73.2 Å². The van der Waals surface area contributed by atoms with Crippen molar-refractivity contribution in [1.82, 2.24) is 0 Å². The third-order valence-electron chi connectivity index (χ3n) is 4.07. The number of nitrogens with one attached hydrogen (secondary N) is 1. The smallest absolute Gasteiger partial charge is 0.248 e. The van der Waals surface area contributed by atoms with E-state index >= 15 is 0 Å². The van der Waals surface area contributed by atoms with Gasteiger partial charge in [-0.25, -0.2) is 0 Å². The van der Waals surface area contributed by atoms with Gasteiger partial charge in [0.15, 0.2) is 11.5 Å². The number of anilines is 1. The molecular weight excluding hydrogens is 402 g/mol. The Labute approximate surface area is 180 Å². The molecule has 3 aromatic carbocycles. The van der Waals surface area contributed by atoms with Gasteiger partial charge >= 0.3 is 0 Å². The summed E-state index contributed by atoms with van der Waals surface area (Å²) in [4.78, 5) is 12.2. The van der Waals surface area contributed by atoms with Gasteiger partial charge in [0, 0.05) is 16.8 Å². The first kappa shape index (κ1) is 21.3. The molecule has 0 bridgehead atoms. The van der Waals surface area contributed by atoms with Crippen LogP contribution in [-0.4, -0.2) is 19.6 Å². The SMILES string of the molecule is CCOc1cc(/C=C/C(=O)Nc2ccc(Oc3cccc(Cl)c3)cc2)ccc1OC. The number of carbonyl (C=O) groups is 1. The van der Waals surface area contributed by atoms with Gasteiger partial charge in [-0.15, -0.1) is 0 Å². The van der Waals surface area contributed by atoms with E-state index in [4.69, 9.17) is 25.8 Å². The van der Waals surface area contributed by atoms with Gasteiger partial charge in [-0.1, -0.05) is 23.7 Å². The lowest BCUT2D eigenvalue weighted by Crippen LogP contribution is -2.07. The molecule has 0 aliphatic rings. The topological polar surface area (TPSA) is 56.8 Å². The zero-order chi connectivity index (χ0) is 21.3. The van der Waals surface area contributed by atoms with E-state index in [0.29, 0.717) is 40.3 Å². The Bertz CT molecular complexity index is 1030. The van der Waals surface area contributed by atoms with Crippen molar-refractivity contribution in [2.45, 2.75) is 6.92 Å². The summed E-state index contributed by atoms with van der Waals surface area (Å²) in [6.45, 7) is 2.43. The van der Waals surface area contributed by atoms with E-state index in [1.807, 2.05) is 31.2 Å². The molecule has 0 spiro atoms. The predicted molar refractivity (Wildman–Crippen MR) is 120 cm³/mol. The molecule has 3 aromatic rings. The molecule has 1 amide bonds. The van der Waals surface area contributed by atoms with E-state index in [9.17, 15) is 4.79 Å². The minimum Gasteiger partial charge on any atom is -0.493 e. The molecule has 0 saturated heterocycles. The third-order valence-corrected chi connectivity index (χ3v) is 4.30. The molecule has 30 heavy (non-hydrogen) atoms. The van der Waals surface area contributed by atoms with Gasteiger partial charge in [0.25, 0.3) is 0 Å². The van der Waals surface area contributed by atoms with Crippen LogP contribution >= 0.6 is 11.6 Å². The Morgan fingerprint density at radius 2 is 1.80 bits per heavy atom. The van der Waals surface area contributed by atoms with Crippen LogP contribution in [0.3, 0.4) is 0 Å². The van der Waals surface area contributed by atoms with Crippen LogP contribution in [0.1, 0.15) is 12.5 Å². The van der Waals surface area contributed by atoms with Crippen LogP contribution in [0.25, 0.3) is 6.08 Å². The maximum atomic E-state index is 12.2. The van der Waals surface area contributed by atoms with E-state index < -0.39 is 0 Å². The number of halogens is 1. The summed E-state index contributed by atoms with van der Waals surface area (Å²) in [5.41, 5.74) is 1.49. The largest absolute Gasteiger partial charge is 0.493 e. The van der Waals surface area contributed by atoms with E-state index in [2.05, 4.69) is 5.32 Å². The molecule has 0 saturated carbocycles. The average Bonchev–Trinajstić information content (AvgIpc) is 2.74. The fourth-order valence-electron chi connectivity index (χ4n) is 2.69. The first-order chi connectivity index (χ1) is 14.6. The molecule has 0 heterocycles. The first-order valence-electron chi connectivity index (χ1n) is 9.41. The van der Waals surface area contributed by atoms with Gasteiger partial charge < -0.3 is 19.5 Å². The normalized spacial score (nSPS) is 10.6. The lowest BCUT2D eigenvalue weighted by atomic mass is 10.2. The van der Waals surface area contributed by atoms with E-state index in [-0.39, 0.29) is 5.91 Å². The highest BCUT2D eigenvalue weighted by Crippen LogP contribution is 2.28. The highest BCUT2D eigenvalue weighted by molar-refractivity contribution is 6.30. The molecule has 0 unspecified atom stereocenters. The number of methoxy groups -OCH3 is 1. The van der Waals surface area contributed by atoms with Crippen LogP contribution in [0.2, 0.25) is 5.02 Å². The minimum atomic E-state index is -0.243. The number of benzene rings is 3. The van der Waals surface area contributed by atoms with Crippen molar-refractivity contribution in [2.75, 3.05) is 19.0 Å². The van der Waals surface area contributed by atoms with Crippen molar-refractivity contribution in [1.29, 1.82) is 0 Å². The van der Waals surface area contributed by atoms with Crippen LogP contribution in [0, 0.1) is 0 Å². The van der Waals surface area contributed by atoms with Crippen LogP contribution in [0.4, 0.5) is 5.69 Å². The van der Waals surface area contributed by atoms with Gasteiger partial charge in [0.05, 0.1) is 13.7 Å². The van der Waals surface area contributed by atoms with Gasteiger partial charge in [-0.3, -0.25) is 4.79 Å². The number of carbonyl (C=O) groups excluding carboxylic acids is 1. The summed E-state index contributed by atoms with van der Waals surface area (Å²) in [7, 11) is 1.59. The zero-order valence-corrected chi connectivity index (χ0v) is 17.5. The molecular formula is C24H22ClNO4. The lowest BCUT2D eigenvalue weighted by Gasteiger charge is -2.09. The fraction of sp³-hybridized carbons (Fsp3) is 0.125. The number of rotatable bonds is 8. The molecule has 1 N–H and O–H groups in total. The molecule has 5 nitrogen and oxygen atoms in total. The monoisotopic (exact) mass is 423 g/mol. The van der Waals surface area contributed by atoms with Gasteiger partial charge in [0.2, 0.25) is 5.91 Å². The molecule has 0 aliphatic carbocycles. The standard InChI is InChI=1S/C24H22ClNO4/c1-3-29-23-15-17(7-13-22(23)28-2)8-14-24(27)26-19-9-11-20(12-10-19)30-21-6-4-5-18(25)16-21/h4-16H,3H2,1-2H3,(H,26,27)/b14-8+. The molecule has 0 atom stereocenters. The van der Waals surface area contributed by atoms with Crippen molar-refractivity contribution in [3.8, 4) is 23.0 Å². The fourth-order valence-corrected chi connectivity index (χ4v) is 2.87. The first-order valence-corrected chi connectivity index (χ1v) is 9.78. The van der Waals surface area contributed by atoms with Crippen LogP contribution < -0.4 is 19.5 Å². The number of hydrogen-bond acceptors (Lipinski definition) is 4. The molecule has 0 radical (unpaired) electrons. The Morgan fingerprint density at radius 1 is 1.00 bits per heavy atom. The van der Waals surface area contributed by atoms with Crippen molar-refractivity contribution >= 4 is 29.3 Å². The Hall–Kier alpha value is -3.44. The van der Waals surface area contributed by atoms with Crippen molar-refractivity contribution in [2.24, 2.45) is 0 Å². The average molecular weight is 424 g/mol. The van der Waals surface area contributed by atoms with E-state index in [1.165, 1.54) is 6.08 Å². The summed E-state index contributed by atoms with van der Waals surface area (Å²) in [6.07, 6.45) is 3.18. The Balaban J connectivity index is 1.60.